The van der Waals surface area contributed by atoms with E-state index in [-0.39, 0.29) is 0 Å². The maximum atomic E-state index is 5.49. The van der Waals surface area contributed by atoms with Gasteiger partial charge in [0.05, 0.1) is 6.10 Å². The zero-order valence-electron chi connectivity index (χ0n) is 6.97. The van der Waals surface area contributed by atoms with E-state index >= 15 is 0 Å². The van der Waals surface area contributed by atoms with Crippen LogP contribution >= 0.6 is 0 Å². The molecule has 1 unspecified atom stereocenters. The molecule has 0 aromatic carbocycles. The molecule has 2 heteroatoms. The molecule has 0 aromatic heterocycles. The highest BCUT2D eigenvalue weighted by molar-refractivity contribution is 4.74. The van der Waals surface area contributed by atoms with Crippen LogP contribution in [-0.4, -0.2) is 37.2 Å². The molecule has 0 radical (unpaired) electrons. The van der Waals surface area contributed by atoms with E-state index in [1.807, 2.05) is 0 Å². The van der Waals surface area contributed by atoms with E-state index in [2.05, 4.69) is 18.7 Å². The molecule has 1 aliphatic rings. The summed E-state index contributed by atoms with van der Waals surface area (Å²) in [5, 5.41) is 0. The molecule has 1 heterocycles. The van der Waals surface area contributed by atoms with Crippen LogP contribution in [-0.2, 0) is 4.74 Å². The van der Waals surface area contributed by atoms with E-state index in [0.29, 0.717) is 6.10 Å². The lowest BCUT2D eigenvalue weighted by Crippen LogP contribution is -2.22. The van der Waals surface area contributed by atoms with E-state index in [1.54, 1.807) is 0 Å². The van der Waals surface area contributed by atoms with Gasteiger partial charge in [-0.2, -0.15) is 0 Å². The smallest absolute Gasteiger partial charge is 0.0714 e. The second-order valence-corrected chi connectivity index (χ2v) is 2.76. The molecule has 1 atom stereocenters. The van der Waals surface area contributed by atoms with Crippen molar-refractivity contribution >= 4 is 0 Å². The van der Waals surface area contributed by atoms with Crippen LogP contribution in [0, 0.1) is 0 Å². The van der Waals surface area contributed by atoms with E-state index in [0.717, 1.165) is 13.2 Å². The van der Waals surface area contributed by atoms with Crippen molar-refractivity contribution in [3.8, 4) is 0 Å². The molecule has 1 fully saturated rings. The molecule has 60 valence electrons. The summed E-state index contributed by atoms with van der Waals surface area (Å²) < 4.78 is 5.49. The Morgan fingerprint density at radius 3 is 2.80 bits per heavy atom. The van der Waals surface area contributed by atoms with Gasteiger partial charge in [0, 0.05) is 19.7 Å². The Balaban J connectivity index is 2.15. The van der Waals surface area contributed by atoms with Gasteiger partial charge in [0.1, 0.15) is 0 Å². The summed E-state index contributed by atoms with van der Waals surface area (Å²) in [6.45, 7) is 8.67. The monoisotopic (exact) mass is 143 g/mol. The predicted molar refractivity (Wildman–Crippen MR) is 42.1 cm³/mol. The van der Waals surface area contributed by atoms with Gasteiger partial charge in [0.25, 0.3) is 0 Å². The van der Waals surface area contributed by atoms with Gasteiger partial charge in [0.2, 0.25) is 0 Å². The molecule has 1 rings (SSSR count). The van der Waals surface area contributed by atoms with Crippen LogP contribution < -0.4 is 0 Å². The SMILES string of the molecule is CCOC1CCN(CC)C1. The van der Waals surface area contributed by atoms with E-state index < -0.39 is 0 Å². The average molecular weight is 143 g/mol. The van der Waals surface area contributed by atoms with Crippen molar-refractivity contribution in [3.05, 3.63) is 0 Å². The number of hydrogen-bond donors (Lipinski definition) is 0. The van der Waals surface area contributed by atoms with E-state index in [9.17, 15) is 0 Å². The zero-order chi connectivity index (χ0) is 7.40. The van der Waals surface area contributed by atoms with Gasteiger partial charge in [-0.1, -0.05) is 6.92 Å². The predicted octanol–water partition coefficient (Wildman–Crippen LogP) is 1.12. The summed E-state index contributed by atoms with van der Waals surface area (Å²) in [5.74, 6) is 0. The Hall–Kier alpha value is -0.0800. The lowest BCUT2D eigenvalue weighted by Gasteiger charge is -2.12. The van der Waals surface area contributed by atoms with Crippen molar-refractivity contribution in [1.29, 1.82) is 0 Å². The van der Waals surface area contributed by atoms with Crippen molar-refractivity contribution in [3.63, 3.8) is 0 Å². The first-order valence-electron chi connectivity index (χ1n) is 4.20. The fourth-order valence-electron chi connectivity index (χ4n) is 1.46. The quantitative estimate of drug-likeness (QED) is 0.587. The zero-order valence-corrected chi connectivity index (χ0v) is 6.97. The topological polar surface area (TPSA) is 12.5 Å². The minimum Gasteiger partial charge on any atom is -0.377 e. The number of likely N-dealkylation sites (N-methyl/N-ethyl adjacent to an activating group) is 1. The Morgan fingerprint density at radius 1 is 1.50 bits per heavy atom. The summed E-state index contributed by atoms with van der Waals surface area (Å²) in [6, 6.07) is 0. The largest absolute Gasteiger partial charge is 0.377 e. The van der Waals surface area contributed by atoms with Crippen LogP contribution in [0.4, 0.5) is 0 Å². The maximum Gasteiger partial charge on any atom is 0.0714 e. The lowest BCUT2D eigenvalue weighted by atomic mass is 10.3. The molecular weight excluding hydrogens is 126 g/mol. The summed E-state index contributed by atoms with van der Waals surface area (Å²) in [6.07, 6.45) is 1.74. The molecule has 0 bridgehead atoms. The van der Waals surface area contributed by atoms with Crippen LogP contribution in [0.1, 0.15) is 20.3 Å². The first kappa shape index (κ1) is 8.02. The molecule has 0 amide bonds. The highest BCUT2D eigenvalue weighted by Gasteiger charge is 2.20. The van der Waals surface area contributed by atoms with Crippen molar-refractivity contribution in [2.24, 2.45) is 0 Å². The minimum atomic E-state index is 0.518. The second-order valence-electron chi connectivity index (χ2n) is 2.76. The van der Waals surface area contributed by atoms with Crippen LogP contribution in [0.2, 0.25) is 0 Å². The number of hydrogen-bond acceptors (Lipinski definition) is 2. The maximum absolute atomic E-state index is 5.49. The van der Waals surface area contributed by atoms with Crippen LogP contribution in [0.15, 0.2) is 0 Å². The van der Waals surface area contributed by atoms with Crippen LogP contribution in [0.5, 0.6) is 0 Å². The van der Waals surface area contributed by atoms with E-state index in [4.69, 9.17) is 4.74 Å². The van der Waals surface area contributed by atoms with Gasteiger partial charge >= 0.3 is 0 Å². The van der Waals surface area contributed by atoms with Gasteiger partial charge in [-0.05, 0) is 19.9 Å². The fourth-order valence-corrected chi connectivity index (χ4v) is 1.46. The Kier molecular flexibility index (Phi) is 3.16. The first-order chi connectivity index (χ1) is 4.86. The van der Waals surface area contributed by atoms with Gasteiger partial charge in [-0.25, -0.2) is 0 Å². The third-order valence-electron chi connectivity index (χ3n) is 2.08. The normalized spacial score (nSPS) is 27.6. The highest BCUT2D eigenvalue weighted by atomic mass is 16.5. The summed E-state index contributed by atoms with van der Waals surface area (Å²) >= 11 is 0. The van der Waals surface area contributed by atoms with Gasteiger partial charge in [-0.3, -0.25) is 0 Å². The number of likely N-dealkylation sites (tertiary alicyclic amines) is 1. The Bertz CT molecular complexity index is 95.3. The average Bonchev–Trinajstić information content (AvgIpc) is 2.37. The summed E-state index contributed by atoms with van der Waals surface area (Å²) in [5.41, 5.74) is 0. The van der Waals surface area contributed by atoms with Crippen molar-refractivity contribution < 1.29 is 4.74 Å². The molecule has 1 aliphatic heterocycles. The molecule has 0 aliphatic carbocycles. The lowest BCUT2D eigenvalue weighted by molar-refractivity contribution is 0.0694. The van der Waals surface area contributed by atoms with Crippen molar-refractivity contribution in [2.75, 3.05) is 26.2 Å². The van der Waals surface area contributed by atoms with Crippen LogP contribution in [0.25, 0.3) is 0 Å². The molecule has 0 aromatic rings. The Labute approximate surface area is 63.2 Å². The minimum absolute atomic E-state index is 0.518. The summed E-state index contributed by atoms with van der Waals surface area (Å²) in [7, 11) is 0. The molecule has 0 N–H and O–H groups in total. The third-order valence-corrected chi connectivity index (χ3v) is 2.08. The number of nitrogens with zero attached hydrogens (tertiary/aromatic N) is 1. The molecule has 1 saturated heterocycles. The second kappa shape index (κ2) is 3.94. The van der Waals surface area contributed by atoms with Gasteiger partial charge in [-0.15, -0.1) is 0 Å². The fraction of sp³-hybridized carbons (Fsp3) is 1.00. The molecule has 0 spiro atoms. The van der Waals surface area contributed by atoms with E-state index in [1.165, 1.54) is 19.5 Å². The Morgan fingerprint density at radius 2 is 2.30 bits per heavy atom. The molecule has 2 nitrogen and oxygen atoms in total. The highest BCUT2D eigenvalue weighted by Crippen LogP contribution is 2.11. The molecule has 10 heavy (non-hydrogen) atoms. The molecule has 0 saturated carbocycles. The summed E-state index contributed by atoms with van der Waals surface area (Å²) in [4.78, 5) is 2.43. The first-order valence-corrected chi connectivity index (χ1v) is 4.20. The number of rotatable bonds is 3. The standard InChI is InChI=1S/C8H17NO/c1-3-9-6-5-8(7-9)10-4-2/h8H,3-7H2,1-2H3. The van der Waals surface area contributed by atoms with Gasteiger partial charge < -0.3 is 9.64 Å². The molecular formula is C8H17NO. The van der Waals surface area contributed by atoms with Gasteiger partial charge in [0.15, 0.2) is 0 Å². The third kappa shape index (κ3) is 1.96. The van der Waals surface area contributed by atoms with Crippen LogP contribution in [0.3, 0.4) is 0 Å². The number of ether oxygens (including phenoxy) is 1. The van der Waals surface area contributed by atoms with Crippen molar-refractivity contribution in [2.45, 2.75) is 26.4 Å². The van der Waals surface area contributed by atoms with Crippen molar-refractivity contribution in [1.82, 2.24) is 4.90 Å².